The Balaban J connectivity index is 1.89. The first-order chi connectivity index (χ1) is 11.5. The lowest BCUT2D eigenvalue weighted by Gasteiger charge is -2.30. The van der Waals surface area contributed by atoms with E-state index in [4.69, 9.17) is 0 Å². The van der Waals surface area contributed by atoms with E-state index in [1.165, 1.54) is 0 Å². The summed E-state index contributed by atoms with van der Waals surface area (Å²) < 4.78 is 12.4. The van der Waals surface area contributed by atoms with Crippen molar-refractivity contribution in [3.63, 3.8) is 0 Å². The fourth-order valence-electron chi connectivity index (χ4n) is 2.88. The van der Waals surface area contributed by atoms with Crippen molar-refractivity contribution in [2.24, 2.45) is 5.92 Å². The molecule has 0 spiro atoms. The van der Waals surface area contributed by atoms with Crippen LogP contribution in [0, 0.1) is 5.92 Å². The fourth-order valence-corrected chi connectivity index (χ4v) is 4.11. The van der Waals surface area contributed by atoms with E-state index in [1.807, 2.05) is 30.3 Å². The van der Waals surface area contributed by atoms with E-state index in [0.717, 1.165) is 18.4 Å². The molecule has 6 heteroatoms. The summed E-state index contributed by atoms with van der Waals surface area (Å²) in [5.41, 5.74) is 1.01. The number of carboxylic acid groups (broad SMARTS) is 1. The van der Waals surface area contributed by atoms with Crippen molar-refractivity contribution in [2.45, 2.75) is 37.9 Å². The van der Waals surface area contributed by atoms with Crippen LogP contribution in [-0.4, -0.2) is 50.2 Å². The standard InChI is InChI=1S/C18H25NO4S/c1-14-9-11-19(12-10-14)17(20)13-24(23)16(18(21)22)8-7-15-5-3-2-4-6-15/h2-6,14,16H,7-13H2,1H3,(H,21,22). The number of hydrogen-bond acceptors (Lipinski definition) is 3. The molecule has 132 valence electrons. The molecule has 1 aromatic carbocycles. The molecule has 0 aromatic heterocycles. The molecule has 2 atom stereocenters. The minimum absolute atomic E-state index is 0.189. The molecule has 0 bridgehead atoms. The van der Waals surface area contributed by atoms with E-state index >= 15 is 0 Å². The minimum Gasteiger partial charge on any atom is -0.480 e. The summed E-state index contributed by atoms with van der Waals surface area (Å²) in [6.07, 6.45) is 2.72. The monoisotopic (exact) mass is 351 g/mol. The topological polar surface area (TPSA) is 74.7 Å². The predicted octanol–water partition coefficient (Wildman–Crippen LogP) is 2.08. The highest BCUT2D eigenvalue weighted by Crippen LogP contribution is 2.17. The Morgan fingerprint density at radius 1 is 1.25 bits per heavy atom. The van der Waals surface area contributed by atoms with Gasteiger partial charge in [0, 0.05) is 23.9 Å². The van der Waals surface area contributed by atoms with E-state index < -0.39 is 22.0 Å². The smallest absolute Gasteiger partial charge is 0.319 e. The summed E-state index contributed by atoms with van der Waals surface area (Å²) in [6.45, 7) is 3.52. The molecular formula is C18H25NO4S. The van der Waals surface area contributed by atoms with Crippen molar-refractivity contribution < 1.29 is 18.9 Å². The van der Waals surface area contributed by atoms with E-state index in [-0.39, 0.29) is 18.1 Å². The van der Waals surface area contributed by atoms with Crippen LogP contribution < -0.4 is 0 Å². The van der Waals surface area contributed by atoms with Gasteiger partial charge in [-0.1, -0.05) is 37.3 Å². The number of hydrogen-bond donors (Lipinski definition) is 1. The molecule has 1 N–H and O–H groups in total. The molecule has 1 aliphatic heterocycles. The Morgan fingerprint density at radius 3 is 2.46 bits per heavy atom. The summed E-state index contributed by atoms with van der Waals surface area (Å²) in [7, 11) is -1.69. The minimum atomic E-state index is -1.69. The van der Waals surface area contributed by atoms with Crippen molar-refractivity contribution in [1.82, 2.24) is 4.90 Å². The summed E-state index contributed by atoms with van der Waals surface area (Å²) in [4.78, 5) is 25.4. The number of carbonyl (C=O) groups excluding carboxylic acids is 1. The van der Waals surface area contributed by atoms with Crippen LogP contribution in [0.15, 0.2) is 30.3 Å². The van der Waals surface area contributed by atoms with Crippen LogP contribution >= 0.6 is 0 Å². The van der Waals surface area contributed by atoms with Crippen LogP contribution in [0.5, 0.6) is 0 Å². The summed E-state index contributed by atoms with van der Waals surface area (Å²) in [5, 5.41) is 8.36. The normalized spacial score (nSPS) is 18.1. The van der Waals surface area contributed by atoms with Gasteiger partial charge in [-0.3, -0.25) is 13.8 Å². The second-order valence-electron chi connectivity index (χ2n) is 6.44. The molecule has 0 saturated carbocycles. The van der Waals surface area contributed by atoms with Gasteiger partial charge in [0.1, 0.15) is 11.0 Å². The quantitative estimate of drug-likeness (QED) is 0.816. The third-order valence-electron chi connectivity index (χ3n) is 4.53. The molecule has 1 fully saturated rings. The number of carbonyl (C=O) groups is 2. The van der Waals surface area contributed by atoms with Crippen molar-refractivity contribution in [1.29, 1.82) is 0 Å². The Hall–Kier alpha value is -1.69. The average molecular weight is 351 g/mol. The van der Waals surface area contributed by atoms with Crippen LogP contribution in [0.25, 0.3) is 0 Å². The number of carboxylic acids is 1. The molecule has 0 radical (unpaired) electrons. The summed E-state index contributed by atoms with van der Waals surface area (Å²) >= 11 is 0. The molecule has 1 aliphatic rings. The molecule has 1 heterocycles. The van der Waals surface area contributed by atoms with Crippen LogP contribution in [0.2, 0.25) is 0 Å². The highest BCUT2D eigenvalue weighted by atomic mass is 32.2. The first-order valence-corrected chi connectivity index (χ1v) is 9.77. The zero-order valence-corrected chi connectivity index (χ0v) is 14.8. The maximum absolute atomic E-state index is 12.4. The van der Waals surface area contributed by atoms with Gasteiger partial charge < -0.3 is 10.0 Å². The maximum Gasteiger partial charge on any atom is 0.319 e. The Bertz CT molecular complexity index is 582. The number of likely N-dealkylation sites (tertiary alicyclic amines) is 1. The average Bonchev–Trinajstić information content (AvgIpc) is 2.56. The van der Waals surface area contributed by atoms with Crippen molar-refractivity contribution in [2.75, 3.05) is 18.8 Å². The van der Waals surface area contributed by atoms with Gasteiger partial charge in [-0.05, 0) is 37.2 Å². The largest absolute Gasteiger partial charge is 0.480 e. The van der Waals surface area contributed by atoms with Gasteiger partial charge in [-0.2, -0.15) is 0 Å². The van der Waals surface area contributed by atoms with Crippen LogP contribution in [-0.2, 0) is 26.8 Å². The zero-order chi connectivity index (χ0) is 17.5. The zero-order valence-electron chi connectivity index (χ0n) is 14.0. The Morgan fingerprint density at radius 2 is 1.88 bits per heavy atom. The first-order valence-electron chi connectivity index (χ1n) is 8.39. The number of amides is 1. The predicted molar refractivity (Wildman–Crippen MR) is 94.2 cm³/mol. The third kappa shape index (κ3) is 5.44. The summed E-state index contributed by atoms with van der Waals surface area (Å²) in [6, 6.07) is 9.52. The van der Waals surface area contributed by atoms with Gasteiger partial charge >= 0.3 is 5.97 Å². The number of rotatable bonds is 7. The van der Waals surface area contributed by atoms with E-state index in [9.17, 15) is 18.9 Å². The van der Waals surface area contributed by atoms with E-state index in [0.29, 0.717) is 25.4 Å². The summed E-state index contributed by atoms with van der Waals surface area (Å²) in [5.74, 6) is -0.868. The highest BCUT2D eigenvalue weighted by molar-refractivity contribution is 7.87. The Kier molecular flexibility index (Phi) is 6.97. The second kappa shape index (κ2) is 8.97. The van der Waals surface area contributed by atoms with Gasteiger partial charge in [-0.25, -0.2) is 0 Å². The van der Waals surface area contributed by atoms with Crippen LogP contribution in [0.3, 0.4) is 0 Å². The highest BCUT2D eigenvalue weighted by Gasteiger charge is 2.29. The third-order valence-corrected chi connectivity index (χ3v) is 6.14. The van der Waals surface area contributed by atoms with Crippen LogP contribution in [0.1, 0.15) is 31.7 Å². The maximum atomic E-state index is 12.4. The Labute approximate surface area is 145 Å². The lowest BCUT2D eigenvalue weighted by Crippen LogP contribution is -2.42. The lowest BCUT2D eigenvalue weighted by atomic mass is 9.99. The van der Waals surface area contributed by atoms with Crippen molar-refractivity contribution in [3.8, 4) is 0 Å². The molecule has 1 saturated heterocycles. The molecule has 1 aromatic rings. The molecule has 1 amide bonds. The van der Waals surface area contributed by atoms with Gasteiger partial charge in [0.2, 0.25) is 5.91 Å². The number of aliphatic carboxylic acids is 1. The lowest BCUT2D eigenvalue weighted by molar-refractivity contribution is -0.136. The van der Waals surface area contributed by atoms with Crippen molar-refractivity contribution in [3.05, 3.63) is 35.9 Å². The molecular weight excluding hydrogens is 326 g/mol. The molecule has 2 unspecified atom stereocenters. The molecule has 0 aliphatic carbocycles. The first kappa shape index (κ1) is 18.6. The van der Waals surface area contributed by atoms with Gasteiger partial charge in [0.05, 0.1) is 0 Å². The number of aryl methyl sites for hydroxylation is 1. The van der Waals surface area contributed by atoms with Gasteiger partial charge in [0.15, 0.2) is 0 Å². The number of nitrogens with zero attached hydrogens (tertiary/aromatic N) is 1. The SMILES string of the molecule is CC1CCN(C(=O)CS(=O)C(CCc2ccccc2)C(=O)O)CC1. The molecule has 5 nitrogen and oxygen atoms in total. The van der Waals surface area contributed by atoms with E-state index in [2.05, 4.69) is 6.92 Å². The van der Waals surface area contributed by atoms with Crippen LogP contribution in [0.4, 0.5) is 0 Å². The molecule has 2 rings (SSSR count). The second-order valence-corrected chi connectivity index (χ2v) is 8.06. The number of benzene rings is 1. The fraction of sp³-hybridized carbons (Fsp3) is 0.556. The van der Waals surface area contributed by atoms with Gasteiger partial charge in [-0.15, -0.1) is 0 Å². The van der Waals surface area contributed by atoms with Crippen molar-refractivity contribution >= 4 is 22.7 Å². The van der Waals surface area contributed by atoms with E-state index in [1.54, 1.807) is 4.90 Å². The molecule has 24 heavy (non-hydrogen) atoms. The number of piperidine rings is 1. The van der Waals surface area contributed by atoms with Gasteiger partial charge in [0.25, 0.3) is 0 Å².